The molecule has 0 bridgehead atoms. The first kappa shape index (κ1) is 18.0. The second-order valence-electron chi connectivity index (χ2n) is 4.58. The van der Waals surface area contributed by atoms with Crippen LogP contribution in [0, 0.1) is 18.3 Å². The Labute approximate surface area is 139 Å². The molecular formula is C14H8F3NO4S2. The molecule has 24 heavy (non-hydrogen) atoms. The number of alkyl halides is 3. The summed E-state index contributed by atoms with van der Waals surface area (Å²) >= 11 is 1.14. The van der Waals surface area contributed by atoms with E-state index in [1.165, 1.54) is 12.1 Å². The first-order chi connectivity index (χ1) is 11.1. The summed E-state index contributed by atoms with van der Waals surface area (Å²) < 4.78 is 63.2. The second kappa shape index (κ2) is 6.26. The standard InChI is InChI=1S/C14H8F3NO4S2/c1-8-4-12(23-13(8)7-19)9-2-3-11(10(5-9)6-18)22-24(20,21)14(15,16)17/h2-5,7H,1H3. The lowest BCUT2D eigenvalue weighted by Gasteiger charge is -2.11. The molecule has 0 aliphatic carbocycles. The minimum absolute atomic E-state index is 0.376. The number of aryl methyl sites for hydroxylation is 1. The molecule has 0 atom stereocenters. The lowest BCUT2D eigenvalue weighted by molar-refractivity contribution is -0.0500. The van der Waals surface area contributed by atoms with Crippen LogP contribution in [-0.2, 0) is 10.1 Å². The summed E-state index contributed by atoms with van der Waals surface area (Å²) in [5.74, 6) is -0.720. The molecule has 0 fully saturated rings. The van der Waals surface area contributed by atoms with Gasteiger partial charge in [0.1, 0.15) is 6.07 Å². The highest BCUT2D eigenvalue weighted by Gasteiger charge is 2.48. The summed E-state index contributed by atoms with van der Waals surface area (Å²) in [5, 5.41) is 9.04. The van der Waals surface area contributed by atoms with Gasteiger partial charge in [-0.2, -0.15) is 26.9 Å². The van der Waals surface area contributed by atoms with Crippen LogP contribution in [0.15, 0.2) is 24.3 Å². The molecule has 5 nitrogen and oxygen atoms in total. The normalized spacial score (nSPS) is 11.8. The Morgan fingerprint density at radius 1 is 1.29 bits per heavy atom. The number of aldehydes is 1. The van der Waals surface area contributed by atoms with Gasteiger partial charge in [-0.25, -0.2) is 0 Å². The van der Waals surface area contributed by atoms with Crippen molar-refractivity contribution >= 4 is 27.7 Å². The van der Waals surface area contributed by atoms with Crippen molar-refractivity contribution in [2.75, 3.05) is 0 Å². The van der Waals surface area contributed by atoms with Gasteiger partial charge < -0.3 is 4.18 Å². The van der Waals surface area contributed by atoms with Crippen LogP contribution in [-0.4, -0.2) is 20.2 Å². The first-order valence-electron chi connectivity index (χ1n) is 6.20. The zero-order valence-corrected chi connectivity index (χ0v) is 13.6. The smallest absolute Gasteiger partial charge is 0.375 e. The topological polar surface area (TPSA) is 84.2 Å². The largest absolute Gasteiger partial charge is 0.534 e. The molecule has 0 unspecified atom stereocenters. The highest BCUT2D eigenvalue weighted by molar-refractivity contribution is 7.88. The molecule has 0 aliphatic heterocycles. The third-order valence-electron chi connectivity index (χ3n) is 2.93. The van der Waals surface area contributed by atoms with Crippen LogP contribution in [0.2, 0.25) is 0 Å². The van der Waals surface area contributed by atoms with Crippen molar-refractivity contribution in [3.63, 3.8) is 0 Å². The molecule has 0 saturated heterocycles. The third kappa shape index (κ3) is 3.42. The molecule has 1 aromatic carbocycles. The fourth-order valence-electron chi connectivity index (χ4n) is 1.76. The van der Waals surface area contributed by atoms with Crippen molar-refractivity contribution in [3.8, 4) is 22.3 Å². The molecule has 0 N–H and O–H groups in total. The molecule has 10 heteroatoms. The maximum absolute atomic E-state index is 12.4. The minimum Gasteiger partial charge on any atom is -0.375 e. The van der Waals surface area contributed by atoms with Gasteiger partial charge in [-0.3, -0.25) is 4.79 Å². The zero-order chi connectivity index (χ0) is 18.1. The Morgan fingerprint density at radius 2 is 1.96 bits per heavy atom. The lowest BCUT2D eigenvalue weighted by Crippen LogP contribution is -2.28. The van der Waals surface area contributed by atoms with Gasteiger partial charge in [-0.1, -0.05) is 0 Å². The van der Waals surface area contributed by atoms with Gasteiger partial charge in [-0.05, 0) is 42.3 Å². The maximum atomic E-state index is 12.4. The summed E-state index contributed by atoms with van der Waals surface area (Å²) in [6, 6.07) is 6.74. The number of benzene rings is 1. The molecule has 2 aromatic rings. The third-order valence-corrected chi connectivity index (χ3v) is 5.11. The van der Waals surface area contributed by atoms with Crippen molar-refractivity contribution in [3.05, 3.63) is 40.3 Å². The van der Waals surface area contributed by atoms with E-state index in [1.807, 2.05) is 0 Å². The number of hydrogen-bond donors (Lipinski definition) is 0. The quantitative estimate of drug-likeness (QED) is 0.463. The van der Waals surface area contributed by atoms with E-state index in [1.54, 1.807) is 19.1 Å². The van der Waals surface area contributed by atoms with E-state index in [-0.39, 0.29) is 5.56 Å². The van der Waals surface area contributed by atoms with Crippen LogP contribution >= 0.6 is 11.3 Å². The number of nitrogens with zero attached hydrogens (tertiary/aromatic N) is 1. The molecule has 1 heterocycles. The van der Waals surface area contributed by atoms with Gasteiger partial charge in [0.05, 0.1) is 10.4 Å². The molecule has 0 aliphatic rings. The summed E-state index contributed by atoms with van der Waals surface area (Å²) in [5.41, 5.74) is -4.81. The Hall–Kier alpha value is -2.38. The van der Waals surface area contributed by atoms with E-state index in [0.717, 1.165) is 17.4 Å². The van der Waals surface area contributed by atoms with Gasteiger partial charge in [0.25, 0.3) is 0 Å². The predicted molar refractivity (Wildman–Crippen MR) is 80.2 cm³/mol. The van der Waals surface area contributed by atoms with Crippen molar-refractivity contribution in [2.45, 2.75) is 12.4 Å². The van der Waals surface area contributed by atoms with E-state index in [0.29, 0.717) is 27.2 Å². The molecule has 0 spiro atoms. The first-order valence-corrected chi connectivity index (χ1v) is 8.42. The average Bonchev–Trinajstić information content (AvgIpc) is 2.87. The van der Waals surface area contributed by atoms with E-state index in [4.69, 9.17) is 5.26 Å². The van der Waals surface area contributed by atoms with Crippen molar-refractivity contribution in [2.24, 2.45) is 0 Å². The number of halogens is 3. The number of rotatable bonds is 4. The SMILES string of the molecule is Cc1cc(-c2ccc(OS(=O)(=O)C(F)(F)F)c(C#N)c2)sc1C=O. The fraction of sp³-hybridized carbons (Fsp3) is 0.143. The van der Waals surface area contributed by atoms with Crippen molar-refractivity contribution < 1.29 is 30.6 Å². The molecule has 0 amide bonds. The molecule has 0 radical (unpaired) electrons. The van der Waals surface area contributed by atoms with Gasteiger partial charge in [-0.15, -0.1) is 11.3 Å². The lowest BCUT2D eigenvalue weighted by atomic mass is 10.1. The monoisotopic (exact) mass is 375 g/mol. The van der Waals surface area contributed by atoms with Gasteiger partial charge >= 0.3 is 15.6 Å². The fourth-order valence-corrected chi connectivity index (χ4v) is 3.23. The molecule has 1 aromatic heterocycles. The van der Waals surface area contributed by atoms with Gasteiger partial charge in [0, 0.05) is 4.88 Å². The maximum Gasteiger partial charge on any atom is 0.534 e. The van der Waals surface area contributed by atoms with Gasteiger partial charge in [0.2, 0.25) is 0 Å². The molecule has 0 saturated carbocycles. The van der Waals surface area contributed by atoms with Crippen LogP contribution < -0.4 is 4.18 Å². The van der Waals surface area contributed by atoms with Crippen molar-refractivity contribution in [1.82, 2.24) is 0 Å². The van der Waals surface area contributed by atoms with Gasteiger partial charge in [0.15, 0.2) is 12.0 Å². The average molecular weight is 375 g/mol. The van der Waals surface area contributed by atoms with Crippen molar-refractivity contribution in [1.29, 1.82) is 5.26 Å². The molecular weight excluding hydrogens is 367 g/mol. The van der Waals surface area contributed by atoms with E-state index >= 15 is 0 Å². The summed E-state index contributed by atoms with van der Waals surface area (Å²) in [6.45, 7) is 1.71. The zero-order valence-electron chi connectivity index (χ0n) is 11.9. The van der Waals surface area contributed by atoms with Crippen LogP contribution in [0.4, 0.5) is 13.2 Å². The summed E-state index contributed by atoms with van der Waals surface area (Å²) in [7, 11) is -5.86. The number of thiophene rings is 1. The molecule has 126 valence electrons. The second-order valence-corrected chi connectivity index (χ2v) is 7.20. The highest BCUT2D eigenvalue weighted by Crippen LogP contribution is 2.34. The number of nitriles is 1. The minimum atomic E-state index is -5.86. The summed E-state index contributed by atoms with van der Waals surface area (Å²) in [6.07, 6.45) is 0.669. The van der Waals surface area contributed by atoms with Crippen LogP contribution in [0.5, 0.6) is 5.75 Å². The molecule has 2 rings (SSSR count). The van der Waals surface area contributed by atoms with E-state index in [2.05, 4.69) is 4.18 Å². The number of carbonyl (C=O) groups excluding carboxylic acids is 1. The number of hydrogen-bond acceptors (Lipinski definition) is 6. The Bertz CT molecular complexity index is 940. The Morgan fingerprint density at radius 3 is 2.46 bits per heavy atom. The van der Waals surface area contributed by atoms with E-state index in [9.17, 15) is 26.4 Å². The Kier molecular flexibility index (Phi) is 4.68. The highest BCUT2D eigenvalue weighted by atomic mass is 32.2. The number of carbonyl (C=O) groups is 1. The van der Waals surface area contributed by atoms with Crippen LogP contribution in [0.25, 0.3) is 10.4 Å². The van der Waals surface area contributed by atoms with Crippen LogP contribution in [0.3, 0.4) is 0 Å². The predicted octanol–water partition coefficient (Wildman–Crippen LogP) is 3.64. The Balaban J connectivity index is 2.45. The van der Waals surface area contributed by atoms with Crippen LogP contribution in [0.1, 0.15) is 20.8 Å². The summed E-state index contributed by atoms with van der Waals surface area (Å²) in [4.78, 5) is 11.9. The van der Waals surface area contributed by atoms with E-state index < -0.39 is 21.4 Å².